The lowest BCUT2D eigenvalue weighted by atomic mass is 10.3. The number of fused-ring (bicyclic) bond motifs is 1. The molecule has 0 saturated carbocycles. The molecule has 0 spiro atoms. The second-order valence-corrected chi connectivity index (χ2v) is 3.41. The van der Waals surface area contributed by atoms with Crippen LogP contribution in [0.1, 0.15) is 11.4 Å². The van der Waals surface area contributed by atoms with E-state index in [2.05, 4.69) is 31.2 Å². The van der Waals surface area contributed by atoms with E-state index in [1.807, 2.05) is 19.9 Å². The van der Waals surface area contributed by atoms with Crippen LogP contribution < -0.4 is 0 Å². The molecule has 2 aromatic rings. The minimum absolute atomic E-state index is 0.689. The molecule has 0 bridgehead atoms. The number of rotatable bonds is 0. The molecule has 0 aromatic carbocycles. The zero-order valence-corrected chi connectivity index (χ0v) is 8.33. The zero-order valence-electron chi connectivity index (χ0n) is 6.74. The van der Waals surface area contributed by atoms with E-state index >= 15 is 0 Å². The van der Waals surface area contributed by atoms with Crippen LogP contribution in [0, 0.1) is 13.8 Å². The van der Waals surface area contributed by atoms with E-state index in [0.717, 1.165) is 17.0 Å². The molecule has 0 N–H and O–H groups in total. The quantitative estimate of drug-likeness (QED) is 0.684. The van der Waals surface area contributed by atoms with E-state index in [4.69, 9.17) is 0 Å². The van der Waals surface area contributed by atoms with E-state index in [1.54, 1.807) is 4.52 Å². The highest BCUT2D eigenvalue weighted by atomic mass is 79.9. The van der Waals surface area contributed by atoms with Crippen LogP contribution in [-0.2, 0) is 0 Å². The summed E-state index contributed by atoms with van der Waals surface area (Å²) in [5, 5.41) is 7.78. The van der Waals surface area contributed by atoms with Gasteiger partial charge in [0.2, 0.25) is 0 Å². The molecule has 0 amide bonds. The Morgan fingerprint density at radius 2 is 2.17 bits per heavy atom. The molecular weight excluding hydrogens is 220 g/mol. The highest BCUT2D eigenvalue weighted by molar-refractivity contribution is 9.10. The number of aryl methyl sites for hydroxylation is 2. The fraction of sp³-hybridized carbons (Fsp3) is 0.286. The molecule has 2 rings (SSSR count). The lowest BCUT2D eigenvalue weighted by Gasteiger charge is -1.97. The summed E-state index contributed by atoms with van der Waals surface area (Å²) in [7, 11) is 0. The molecular formula is C7H7BrN4. The van der Waals surface area contributed by atoms with Gasteiger partial charge >= 0.3 is 0 Å². The van der Waals surface area contributed by atoms with E-state index in [9.17, 15) is 0 Å². The topological polar surface area (TPSA) is 43.1 Å². The minimum Gasteiger partial charge on any atom is -0.231 e. The molecule has 0 saturated heterocycles. The van der Waals surface area contributed by atoms with Gasteiger partial charge in [0.15, 0.2) is 10.3 Å². The Hall–Kier alpha value is -0.970. The molecule has 0 fully saturated rings. The second-order valence-electron chi connectivity index (χ2n) is 2.65. The first-order valence-electron chi connectivity index (χ1n) is 3.53. The normalized spacial score (nSPS) is 10.9. The largest absolute Gasteiger partial charge is 0.231 e. The van der Waals surface area contributed by atoms with E-state index in [1.165, 1.54) is 0 Å². The van der Waals surface area contributed by atoms with Gasteiger partial charge < -0.3 is 0 Å². The molecule has 2 aromatic heterocycles. The van der Waals surface area contributed by atoms with Crippen molar-refractivity contribution in [2.24, 2.45) is 0 Å². The first kappa shape index (κ1) is 7.67. The Morgan fingerprint density at radius 1 is 1.42 bits per heavy atom. The van der Waals surface area contributed by atoms with Crippen molar-refractivity contribution < 1.29 is 0 Å². The van der Waals surface area contributed by atoms with Crippen LogP contribution in [0.2, 0.25) is 0 Å². The first-order valence-corrected chi connectivity index (χ1v) is 4.33. The van der Waals surface area contributed by atoms with Crippen molar-refractivity contribution in [1.29, 1.82) is 0 Å². The minimum atomic E-state index is 0.689. The summed E-state index contributed by atoms with van der Waals surface area (Å²) in [5.74, 6) is 0. The Labute approximate surface area is 77.7 Å². The fourth-order valence-electron chi connectivity index (χ4n) is 1.15. The van der Waals surface area contributed by atoms with Gasteiger partial charge in [-0.15, -0.1) is 5.10 Å². The number of halogens is 1. The molecule has 62 valence electrons. The van der Waals surface area contributed by atoms with Crippen LogP contribution >= 0.6 is 15.9 Å². The molecule has 0 radical (unpaired) electrons. The van der Waals surface area contributed by atoms with Gasteiger partial charge in [0.1, 0.15) is 0 Å². The number of nitrogens with zero attached hydrogens (tertiary/aromatic N) is 4. The van der Waals surface area contributed by atoms with Crippen LogP contribution in [0.15, 0.2) is 10.7 Å². The van der Waals surface area contributed by atoms with Crippen LogP contribution in [0.5, 0.6) is 0 Å². The molecule has 5 heteroatoms. The third-order valence-electron chi connectivity index (χ3n) is 1.64. The molecule has 2 heterocycles. The highest BCUT2D eigenvalue weighted by Gasteiger charge is 2.06. The average molecular weight is 227 g/mol. The van der Waals surface area contributed by atoms with Gasteiger partial charge in [0.05, 0.1) is 0 Å². The van der Waals surface area contributed by atoms with Gasteiger partial charge in [-0.25, -0.2) is 4.98 Å². The second kappa shape index (κ2) is 2.52. The van der Waals surface area contributed by atoms with E-state index in [0.29, 0.717) is 4.60 Å². The Bertz CT molecular complexity index is 434. The van der Waals surface area contributed by atoms with Crippen LogP contribution in [0.3, 0.4) is 0 Å². The predicted molar refractivity (Wildman–Crippen MR) is 48.0 cm³/mol. The third-order valence-corrected chi connectivity index (χ3v) is 2.15. The molecule has 0 aliphatic rings. The molecule has 0 atom stereocenters. The lowest BCUT2D eigenvalue weighted by molar-refractivity contribution is 0.813. The van der Waals surface area contributed by atoms with Gasteiger partial charge in [-0.05, 0) is 35.8 Å². The monoisotopic (exact) mass is 226 g/mol. The zero-order chi connectivity index (χ0) is 8.72. The Morgan fingerprint density at radius 3 is 2.92 bits per heavy atom. The van der Waals surface area contributed by atoms with Gasteiger partial charge in [0, 0.05) is 11.4 Å². The van der Waals surface area contributed by atoms with Crippen molar-refractivity contribution in [3.05, 3.63) is 22.1 Å². The number of hydrogen-bond acceptors (Lipinski definition) is 3. The summed E-state index contributed by atoms with van der Waals surface area (Å²) in [5.41, 5.74) is 2.78. The van der Waals surface area contributed by atoms with E-state index in [-0.39, 0.29) is 0 Å². The molecule has 0 unspecified atom stereocenters. The van der Waals surface area contributed by atoms with Crippen molar-refractivity contribution in [2.45, 2.75) is 13.8 Å². The summed E-state index contributed by atoms with van der Waals surface area (Å²) in [6, 6.07) is 1.97. The summed E-state index contributed by atoms with van der Waals surface area (Å²) in [6.07, 6.45) is 0. The molecule has 4 nitrogen and oxygen atoms in total. The number of hydrogen-bond donors (Lipinski definition) is 0. The van der Waals surface area contributed by atoms with Crippen LogP contribution in [0.4, 0.5) is 0 Å². The Balaban J connectivity index is 2.92. The maximum absolute atomic E-state index is 4.29. The first-order chi connectivity index (χ1) is 5.68. The molecule has 0 aliphatic carbocycles. The van der Waals surface area contributed by atoms with Crippen molar-refractivity contribution in [1.82, 2.24) is 19.8 Å². The van der Waals surface area contributed by atoms with Gasteiger partial charge in [-0.3, -0.25) is 0 Å². The third kappa shape index (κ3) is 1.01. The summed E-state index contributed by atoms with van der Waals surface area (Å²) >= 11 is 3.28. The lowest BCUT2D eigenvalue weighted by Crippen LogP contribution is -1.97. The smallest absolute Gasteiger partial charge is 0.190 e. The number of aromatic nitrogens is 4. The van der Waals surface area contributed by atoms with Crippen LogP contribution in [-0.4, -0.2) is 19.8 Å². The van der Waals surface area contributed by atoms with Gasteiger partial charge in [-0.2, -0.15) is 4.52 Å². The summed E-state index contributed by atoms with van der Waals surface area (Å²) < 4.78 is 2.39. The van der Waals surface area contributed by atoms with E-state index < -0.39 is 0 Å². The Kier molecular flexibility index (Phi) is 1.61. The standard InChI is InChI=1S/C7H7BrN4/c1-4-3-5(2)12-7(9-4)6(8)10-11-12/h3H,1-2H3. The van der Waals surface area contributed by atoms with Crippen LogP contribution in [0.25, 0.3) is 5.65 Å². The van der Waals surface area contributed by atoms with Crippen molar-refractivity contribution >= 4 is 21.6 Å². The summed E-state index contributed by atoms with van der Waals surface area (Å²) in [6.45, 7) is 3.93. The fourth-order valence-corrected chi connectivity index (χ4v) is 1.48. The van der Waals surface area contributed by atoms with Gasteiger partial charge in [0.25, 0.3) is 0 Å². The maximum atomic E-state index is 4.29. The average Bonchev–Trinajstić information content (AvgIpc) is 2.33. The molecule has 12 heavy (non-hydrogen) atoms. The van der Waals surface area contributed by atoms with Crippen molar-refractivity contribution in [3.63, 3.8) is 0 Å². The van der Waals surface area contributed by atoms with Gasteiger partial charge in [-0.1, -0.05) is 5.21 Å². The SMILES string of the molecule is Cc1cc(C)n2nnc(Br)c2n1. The predicted octanol–water partition coefficient (Wildman–Crippen LogP) is 1.50. The van der Waals surface area contributed by atoms with Crippen molar-refractivity contribution in [2.75, 3.05) is 0 Å². The summed E-state index contributed by atoms with van der Waals surface area (Å²) in [4.78, 5) is 4.29. The highest BCUT2D eigenvalue weighted by Crippen LogP contribution is 2.13. The van der Waals surface area contributed by atoms with Crippen molar-refractivity contribution in [3.8, 4) is 0 Å². The maximum Gasteiger partial charge on any atom is 0.190 e. The molecule has 0 aliphatic heterocycles.